The lowest BCUT2D eigenvalue weighted by Gasteiger charge is -2.29. The minimum Gasteiger partial charge on any atom is -0.483 e. The molecule has 1 N–H and O–H groups in total. The molecule has 0 saturated carbocycles. The van der Waals surface area contributed by atoms with Crippen LogP contribution in [0.2, 0.25) is 5.02 Å². The van der Waals surface area contributed by atoms with Crippen molar-refractivity contribution in [1.82, 2.24) is 10.2 Å². The van der Waals surface area contributed by atoms with Crippen molar-refractivity contribution in [3.63, 3.8) is 0 Å². The summed E-state index contributed by atoms with van der Waals surface area (Å²) in [4.78, 5) is 27.5. The number of hydrogen-bond acceptors (Lipinski definition) is 3. The Morgan fingerprint density at radius 1 is 1.12 bits per heavy atom. The monoisotopic (exact) mass is 530 g/mol. The van der Waals surface area contributed by atoms with Gasteiger partial charge >= 0.3 is 0 Å². The van der Waals surface area contributed by atoms with Gasteiger partial charge in [-0.3, -0.25) is 9.59 Å². The summed E-state index contributed by atoms with van der Waals surface area (Å²) in [5.41, 5.74) is 0.843. The zero-order chi connectivity index (χ0) is 23.8. The van der Waals surface area contributed by atoms with Crippen LogP contribution in [0, 0.1) is 0 Å². The Morgan fingerprint density at radius 2 is 1.91 bits per heavy atom. The number of amides is 2. The van der Waals surface area contributed by atoms with Crippen LogP contribution in [0.5, 0.6) is 5.75 Å². The van der Waals surface area contributed by atoms with E-state index in [2.05, 4.69) is 28.2 Å². The van der Waals surface area contributed by atoms with Crippen molar-refractivity contribution in [3.05, 3.63) is 75.7 Å². The quantitative estimate of drug-likeness (QED) is 0.328. The molecular weight excluding hydrogens is 504 g/mol. The van der Waals surface area contributed by atoms with Crippen LogP contribution in [0.25, 0.3) is 10.8 Å². The molecule has 0 radical (unpaired) electrons. The zero-order valence-electron chi connectivity index (χ0n) is 18.8. The van der Waals surface area contributed by atoms with Gasteiger partial charge in [0, 0.05) is 18.1 Å². The summed E-state index contributed by atoms with van der Waals surface area (Å²) >= 11 is 9.72. The first-order valence-corrected chi connectivity index (χ1v) is 12.2. The summed E-state index contributed by atoms with van der Waals surface area (Å²) in [6.07, 6.45) is 1.87. The second-order valence-corrected chi connectivity index (χ2v) is 9.09. The van der Waals surface area contributed by atoms with E-state index < -0.39 is 6.04 Å². The summed E-state index contributed by atoms with van der Waals surface area (Å²) < 4.78 is 6.67. The molecular formula is C26H28BrClN2O3. The Morgan fingerprint density at radius 3 is 2.67 bits per heavy atom. The van der Waals surface area contributed by atoms with E-state index in [1.807, 2.05) is 48.5 Å². The molecule has 3 aromatic rings. The molecule has 0 heterocycles. The number of carbonyl (C=O) groups is 2. The van der Waals surface area contributed by atoms with Gasteiger partial charge in [0.05, 0.1) is 4.47 Å². The molecule has 0 fully saturated rings. The number of fused-ring (bicyclic) bond motifs is 1. The minimum atomic E-state index is -0.656. The Labute approximate surface area is 208 Å². The van der Waals surface area contributed by atoms with Gasteiger partial charge in [0.15, 0.2) is 6.61 Å². The molecule has 0 saturated heterocycles. The summed E-state index contributed by atoms with van der Waals surface area (Å²) in [5, 5.41) is 5.57. The molecule has 5 nitrogen and oxygen atoms in total. The van der Waals surface area contributed by atoms with Crippen LogP contribution in [0.15, 0.2) is 65.1 Å². The van der Waals surface area contributed by atoms with Gasteiger partial charge in [-0.15, -0.1) is 0 Å². The predicted octanol–water partition coefficient (Wildman–Crippen LogP) is 5.97. The van der Waals surface area contributed by atoms with E-state index in [0.717, 1.165) is 33.7 Å². The van der Waals surface area contributed by atoms with E-state index in [1.54, 1.807) is 19.1 Å². The molecule has 0 bridgehead atoms. The lowest BCUT2D eigenvalue weighted by Crippen LogP contribution is -2.49. The molecule has 174 valence electrons. The first-order valence-electron chi connectivity index (χ1n) is 11.0. The van der Waals surface area contributed by atoms with Crippen LogP contribution < -0.4 is 10.1 Å². The van der Waals surface area contributed by atoms with E-state index in [4.69, 9.17) is 16.3 Å². The van der Waals surface area contributed by atoms with Crippen LogP contribution in [-0.2, 0) is 16.1 Å². The number of nitrogens with zero attached hydrogens (tertiary/aromatic N) is 1. The zero-order valence-corrected chi connectivity index (χ0v) is 21.2. The molecule has 0 aliphatic carbocycles. The molecule has 2 amide bonds. The number of rotatable bonds is 10. The third kappa shape index (κ3) is 6.71. The molecule has 0 aromatic heterocycles. The lowest BCUT2D eigenvalue weighted by atomic mass is 10.1. The average molecular weight is 532 g/mol. The van der Waals surface area contributed by atoms with Crippen molar-refractivity contribution in [2.45, 2.75) is 39.3 Å². The van der Waals surface area contributed by atoms with Gasteiger partial charge in [-0.2, -0.15) is 0 Å². The standard InChI is InChI=1S/C26H28BrClN2O3/c1-3-4-14-29-26(32)18(2)30(16-19-8-7-10-21(28)15-19)24(31)17-33-23-13-12-20-9-5-6-11-22(20)25(23)27/h5-13,15,18H,3-4,14,16-17H2,1-2H3,(H,29,32). The van der Waals surface area contributed by atoms with Crippen molar-refractivity contribution >= 4 is 50.1 Å². The highest BCUT2D eigenvalue weighted by Crippen LogP contribution is 2.33. The number of hydrogen-bond donors (Lipinski definition) is 1. The average Bonchev–Trinajstić information content (AvgIpc) is 2.82. The fourth-order valence-corrected chi connectivity index (χ4v) is 4.32. The summed E-state index contributed by atoms with van der Waals surface area (Å²) in [6.45, 7) is 4.44. The molecule has 1 atom stereocenters. The number of halogens is 2. The van der Waals surface area contributed by atoms with Crippen molar-refractivity contribution in [3.8, 4) is 5.75 Å². The fraction of sp³-hybridized carbons (Fsp3) is 0.308. The predicted molar refractivity (Wildman–Crippen MR) is 137 cm³/mol. The third-order valence-corrected chi connectivity index (χ3v) is 6.47. The molecule has 33 heavy (non-hydrogen) atoms. The highest BCUT2D eigenvalue weighted by Gasteiger charge is 2.26. The van der Waals surface area contributed by atoms with E-state index >= 15 is 0 Å². The van der Waals surface area contributed by atoms with Gasteiger partial charge in [-0.25, -0.2) is 0 Å². The Kier molecular flexibility index (Phi) is 9.15. The summed E-state index contributed by atoms with van der Waals surface area (Å²) in [7, 11) is 0. The number of unbranched alkanes of at least 4 members (excludes halogenated alkanes) is 1. The smallest absolute Gasteiger partial charge is 0.261 e. The van der Waals surface area contributed by atoms with Crippen LogP contribution in [0.4, 0.5) is 0 Å². The van der Waals surface area contributed by atoms with Gasteiger partial charge in [-0.1, -0.05) is 67.4 Å². The Balaban J connectivity index is 1.76. The van der Waals surface area contributed by atoms with Gasteiger partial charge in [0.2, 0.25) is 5.91 Å². The topological polar surface area (TPSA) is 58.6 Å². The van der Waals surface area contributed by atoms with E-state index in [1.165, 1.54) is 4.90 Å². The van der Waals surface area contributed by atoms with Crippen LogP contribution in [-0.4, -0.2) is 35.9 Å². The maximum absolute atomic E-state index is 13.2. The summed E-state index contributed by atoms with van der Waals surface area (Å²) in [5.74, 6) is 0.101. The second-order valence-electron chi connectivity index (χ2n) is 7.86. The fourth-order valence-electron chi connectivity index (χ4n) is 3.50. The van der Waals surface area contributed by atoms with Crippen molar-refractivity contribution in [1.29, 1.82) is 0 Å². The van der Waals surface area contributed by atoms with E-state index in [-0.39, 0.29) is 25.0 Å². The van der Waals surface area contributed by atoms with Crippen LogP contribution in [0.3, 0.4) is 0 Å². The first-order chi connectivity index (χ1) is 15.9. The maximum Gasteiger partial charge on any atom is 0.261 e. The van der Waals surface area contributed by atoms with Crippen molar-refractivity contribution < 1.29 is 14.3 Å². The normalized spacial score (nSPS) is 11.8. The highest BCUT2D eigenvalue weighted by molar-refractivity contribution is 9.10. The highest BCUT2D eigenvalue weighted by atomic mass is 79.9. The molecule has 0 spiro atoms. The number of ether oxygens (including phenoxy) is 1. The van der Waals surface area contributed by atoms with E-state index in [0.29, 0.717) is 17.3 Å². The van der Waals surface area contributed by atoms with Gasteiger partial charge in [-0.05, 0) is 63.8 Å². The molecule has 3 aromatic carbocycles. The van der Waals surface area contributed by atoms with Gasteiger partial charge < -0.3 is 15.0 Å². The number of benzene rings is 3. The van der Waals surface area contributed by atoms with Crippen molar-refractivity contribution in [2.24, 2.45) is 0 Å². The van der Waals surface area contributed by atoms with Crippen LogP contribution >= 0.6 is 27.5 Å². The Hall–Kier alpha value is -2.57. The first kappa shape index (κ1) is 25.1. The SMILES string of the molecule is CCCCNC(=O)C(C)N(Cc1cccc(Cl)c1)C(=O)COc1ccc2ccccc2c1Br. The lowest BCUT2D eigenvalue weighted by molar-refractivity contribution is -0.142. The van der Waals surface area contributed by atoms with Crippen LogP contribution in [0.1, 0.15) is 32.3 Å². The number of carbonyl (C=O) groups excluding carboxylic acids is 2. The second kappa shape index (κ2) is 12.1. The third-order valence-electron chi connectivity index (χ3n) is 5.42. The molecule has 0 aliphatic heterocycles. The maximum atomic E-state index is 13.2. The number of nitrogens with one attached hydrogen (secondary N) is 1. The van der Waals surface area contributed by atoms with Gasteiger partial charge in [0.25, 0.3) is 5.91 Å². The van der Waals surface area contributed by atoms with Gasteiger partial charge in [0.1, 0.15) is 11.8 Å². The van der Waals surface area contributed by atoms with E-state index in [9.17, 15) is 9.59 Å². The Bertz CT molecular complexity index is 1120. The largest absolute Gasteiger partial charge is 0.483 e. The molecule has 7 heteroatoms. The molecule has 3 rings (SSSR count). The van der Waals surface area contributed by atoms with Crippen molar-refractivity contribution in [2.75, 3.05) is 13.2 Å². The minimum absolute atomic E-state index is 0.189. The summed E-state index contributed by atoms with van der Waals surface area (Å²) in [6, 6.07) is 18.3. The molecule has 0 aliphatic rings. The molecule has 1 unspecified atom stereocenters.